The molecule has 1 heterocycles. The average molecular weight is 261 g/mol. The van der Waals surface area contributed by atoms with Gasteiger partial charge in [0.1, 0.15) is 5.69 Å². The van der Waals surface area contributed by atoms with E-state index in [0.717, 1.165) is 10.9 Å². The Labute approximate surface area is 112 Å². The Morgan fingerprint density at radius 2 is 2.16 bits per heavy atom. The second-order valence-electron chi connectivity index (χ2n) is 4.85. The average Bonchev–Trinajstić information content (AvgIpc) is 2.77. The number of amides is 1. The van der Waals surface area contributed by atoms with Crippen LogP contribution in [0.4, 0.5) is 5.69 Å². The maximum Gasteiger partial charge on any atom is 0.270 e. The van der Waals surface area contributed by atoms with Gasteiger partial charge in [0.2, 0.25) is 0 Å². The highest BCUT2D eigenvalue weighted by Crippen LogP contribution is 2.19. The Morgan fingerprint density at radius 1 is 1.42 bits per heavy atom. The van der Waals surface area contributed by atoms with Crippen molar-refractivity contribution in [3.05, 3.63) is 30.0 Å². The molecule has 19 heavy (non-hydrogen) atoms. The van der Waals surface area contributed by atoms with E-state index in [1.165, 1.54) is 0 Å². The molecule has 4 N–H and O–H groups in total. The van der Waals surface area contributed by atoms with Crippen molar-refractivity contribution in [1.82, 2.24) is 9.88 Å². The van der Waals surface area contributed by atoms with E-state index in [1.54, 1.807) is 17.0 Å². The highest BCUT2D eigenvalue weighted by Gasteiger charge is 2.19. The number of H-pyrrole nitrogens is 1. The van der Waals surface area contributed by atoms with Crippen LogP contribution in [0.2, 0.25) is 0 Å². The molecule has 1 aromatic carbocycles. The first-order chi connectivity index (χ1) is 9.02. The lowest BCUT2D eigenvalue weighted by atomic mass is 10.2. The first kappa shape index (κ1) is 13.4. The number of hydrogen-bond donors (Lipinski definition) is 3. The number of carbonyl (C=O) groups excluding carboxylic acids is 1. The van der Waals surface area contributed by atoms with Crippen molar-refractivity contribution in [2.24, 2.45) is 0 Å². The van der Waals surface area contributed by atoms with Crippen LogP contribution in [0.25, 0.3) is 10.9 Å². The third-order valence-corrected chi connectivity index (χ3v) is 3.10. The lowest BCUT2D eigenvalue weighted by molar-refractivity contribution is 0.0660. The van der Waals surface area contributed by atoms with E-state index in [9.17, 15) is 4.79 Å². The summed E-state index contributed by atoms with van der Waals surface area (Å²) in [5.41, 5.74) is 7.79. The molecule has 2 rings (SSSR count). The summed E-state index contributed by atoms with van der Waals surface area (Å²) >= 11 is 0. The first-order valence-corrected chi connectivity index (χ1v) is 6.33. The number of aromatic amines is 1. The van der Waals surface area contributed by atoms with Crippen LogP contribution < -0.4 is 5.73 Å². The molecule has 1 aromatic heterocycles. The Hall–Kier alpha value is -2.01. The second kappa shape index (κ2) is 5.32. The highest BCUT2D eigenvalue weighted by atomic mass is 16.3. The van der Waals surface area contributed by atoms with Gasteiger partial charge < -0.3 is 20.7 Å². The van der Waals surface area contributed by atoms with Gasteiger partial charge in [-0.1, -0.05) is 0 Å². The van der Waals surface area contributed by atoms with Gasteiger partial charge in [-0.3, -0.25) is 4.79 Å². The quantitative estimate of drug-likeness (QED) is 0.731. The minimum atomic E-state index is -0.112. The molecule has 1 amide bonds. The smallest absolute Gasteiger partial charge is 0.270 e. The number of nitrogen functional groups attached to an aromatic ring is 1. The molecule has 0 bridgehead atoms. The number of hydrogen-bond acceptors (Lipinski definition) is 3. The fourth-order valence-electron chi connectivity index (χ4n) is 2.12. The van der Waals surface area contributed by atoms with Gasteiger partial charge in [0.25, 0.3) is 5.91 Å². The highest BCUT2D eigenvalue weighted by molar-refractivity contribution is 5.98. The predicted octanol–water partition coefficient (Wildman–Crippen LogP) is 1.59. The van der Waals surface area contributed by atoms with E-state index in [0.29, 0.717) is 17.9 Å². The molecule has 0 saturated heterocycles. The third-order valence-electron chi connectivity index (χ3n) is 3.10. The molecule has 0 aliphatic heterocycles. The second-order valence-corrected chi connectivity index (χ2v) is 4.85. The summed E-state index contributed by atoms with van der Waals surface area (Å²) in [6.07, 6.45) is 0. The van der Waals surface area contributed by atoms with Gasteiger partial charge in [0.15, 0.2) is 0 Å². The van der Waals surface area contributed by atoms with Crippen molar-refractivity contribution in [3.63, 3.8) is 0 Å². The molecule has 0 atom stereocenters. The number of nitrogens with zero attached hydrogens (tertiary/aromatic N) is 1. The van der Waals surface area contributed by atoms with Crippen LogP contribution in [-0.2, 0) is 0 Å². The van der Waals surface area contributed by atoms with Crippen molar-refractivity contribution in [1.29, 1.82) is 0 Å². The third kappa shape index (κ3) is 2.71. The van der Waals surface area contributed by atoms with Gasteiger partial charge in [0.05, 0.1) is 6.61 Å². The van der Waals surface area contributed by atoms with Gasteiger partial charge in [0, 0.05) is 29.2 Å². The molecule has 0 spiro atoms. The normalized spacial score (nSPS) is 11.2. The summed E-state index contributed by atoms with van der Waals surface area (Å²) in [4.78, 5) is 17.1. The minimum absolute atomic E-state index is 0.0381. The number of fused-ring (bicyclic) bond motifs is 1. The molecule has 0 aliphatic rings. The zero-order valence-corrected chi connectivity index (χ0v) is 11.2. The van der Waals surface area contributed by atoms with Crippen molar-refractivity contribution in [2.75, 3.05) is 18.9 Å². The number of anilines is 1. The zero-order valence-electron chi connectivity index (χ0n) is 11.2. The molecule has 0 aliphatic carbocycles. The van der Waals surface area contributed by atoms with E-state index in [2.05, 4.69) is 4.98 Å². The lowest BCUT2D eigenvalue weighted by Crippen LogP contribution is -2.39. The Bertz CT molecular complexity index is 589. The van der Waals surface area contributed by atoms with Crippen LogP contribution in [0.15, 0.2) is 24.3 Å². The van der Waals surface area contributed by atoms with Crippen molar-refractivity contribution in [2.45, 2.75) is 19.9 Å². The van der Waals surface area contributed by atoms with Gasteiger partial charge >= 0.3 is 0 Å². The number of nitrogens with one attached hydrogen (secondary N) is 1. The van der Waals surface area contributed by atoms with E-state index in [-0.39, 0.29) is 18.6 Å². The molecule has 0 saturated carbocycles. The van der Waals surface area contributed by atoms with Crippen molar-refractivity contribution < 1.29 is 9.90 Å². The molecular weight excluding hydrogens is 242 g/mol. The van der Waals surface area contributed by atoms with Gasteiger partial charge in [-0.2, -0.15) is 0 Å². The predicted molar refractivity (Wildman–Crippen MR) is 76.0 cm³/mol. The standard InChI is InChI=1S/C14H19N3O2/c1-9(2)17(5-6-18)14(19)13-8-10-7-11(15)3-4-12(10)16-13/h3-4,7-9,16,18H,5-6,15H2,1-2H3. The Balaban J connectivity index is 2.34. The van der Waals surface area contributed by atoms with Crippen LogP contribution in [0.3, 0.4) is 0 Å². The maximum absolute atomic E-state index is 12.4. The molecule has 5 heteroatoms. The Kier molecular flexibility index (Phi) is 3.76. The number of aromatic nitrogens is 1. The van der Waals surface area contributed by atoms with Gasteiger partial charge in [-0.15, -0.1) is 0 Å². The Morgan fingerprint density at radius 3 is 2.79 bits per heavy atom. The van der Waals surface area contributed by atoms with Crippen LogP contribution in [0, 0.1) is 0 Å². The van der Waals surface area contributed by atoms with Crippen LogP contribution in [-0.4, -0.2) is 40.1 Å². The fourth-order valence-corrected chi connectivity index (χ4v) is 2.12. The van der Waals surface area contributed by atoms with E-state index < -0.39 is 0 Å². The van der Waals surface area contributed by atoms with Crippen molar-refractivity contribution in [3.8, 4) is 0 Å². The zero-order chi connectivity index (χ0) is 14.0. The maximum atomic E-state index is 12.4. The van der Waals surface area contributed by atoms with Crippen molar-refractivity contribution >= 4 is 22.5 Å². The summed E-state index contributed by atoms with van der Waals surface area (Å²) in [6, 6.07) is 7.31. The number of aliphatic hydroxyl groups is 1. The summed E-state index contributed by atoms with van der Waals surface area (Å²) in [5.74, 6) is -0.112. The molecule has 0 radical (unpaired) electrons. The largest absolute Gasteiger partial charge is 0.399 e. The van der Waals surface area contributed by atoms with Crippen LogP contribution in [0.5, 0.6) is 0 Å². The van der Waals surface area contributed by atoms with Crippen LogP contribution in [0.1, 0.15) is 24.3 Å². The molecular formula is C14H19N3O2. The molecule has 0 fully saturated rings. The lowest BCUT2D eigenvalue weighted by Gasteiger charge is -2.25. The van der Waals surface area contributed by atoms with E-state index in [1.807, 2.05) is 26.0 Å². The summed E-state index contributed by atoms with van der Waals surface area (Å²) in [7, 11) is 0. The molecule has 0 unspecified atom stereocenters. The molecule has 102 valence electrons. The molecule has 5 nitrogen and oxygen atoms in total. The number of benzene rings is 1. The minimum Gasteiger partial charge on any atom is -0.399 e. The molecule has 2 aromatic rings. The summed E-state index contributed by atoms with van der Waals surface area (Å²) in [6.45, 7) is 4.13. The topological polar surface area (TPSA) is 82.3 Å². The van der Waals surface area contributed by atoms with Gasteiger partial charge in [-0.05, 0) is 38.1 Å². The SMILES string of the molecule is CC(C)N(CCO)C(=O)c1cc2cc(N)ccc2[nH]1. The summed E-state index contributed by atoms with van der Waals surface area (Å²) in [5, 5.41) is 9.95. The monoisotopic (exact) mass is 261 g/mol. The van der Waals surface area contributed by atoms with E-state index >= 15 is 0 Å². The first-order valence-electron chi connectivity index (χ1n) is 6.33. The summed E-state index contributed by atoms with van der Waals surface area (Å²) < 4.78 is 0. The number of rotatable bonds is 4. The van der Waals surface area contributed by atoms with Crippen LogP contribution >= 0.6 is 0 Å². The number of nitrogens with two attached hydrogens (primary N) is 1. The number of carbonyl (C=O) groups is 1. The fraction of sp³-hybridized carbons (Fsp3) is 0.357. The number of aliphatic hydroxyl groups excluding tert-OH is 1. The van der Waals surface area contributed by atoms with Gasteiger partial charge in [-0.25, -0.2) is 0 Å². The van der Waals surface area contributed by atoms with E-state index in [4.69, 9.17) is 10.8 Å².